The summed E-state index contributed by atoms with van der Waals surface area (Å²) < 4.78 is 37.7. The van der Waals surface area contributed by atoms with Crippen molar-refractivity contribution in [3.05, 3.63) is 35.9 Å². The van der Waals surface area contributed by atoms with Crippen LogP contribution in [0.2, 0.25) is 0 Å². The van der Waals surface area contributed by atoms with E-state index in [0.717, 1.165) is 18.4 Å². The molecule has 2 rings (SSSR count). The number of rotatable bonds is 8. The summed E-state index contributed by atoms with van der Waals surface area (Å²) in [6.07, 6.45) is 2.79. The van der Waals surface area contributed by atoms with Crippen LogP contribution < -0.4 is 4.72 Å². The fraction of sp³-hybridized carbons (Fsp3) is 0.625. The van der Waals surface area contributed by atoms with Gasteiger partial charge in [-0.25, -0.2) is 13.1 Å². The van der Waals surface area contributed by atoms with Gasteiger partial charge in [0, 0.05) is 13.0 Å². The quantitative estimate of drug-likeness (QED) is 0.794. The highest BCUT2D eigenvalue weighted by atomic mass is 32.2. The first-order valence-electron chi connectivity index (χ1n) is 7.78. The predicted octanol–water partition coefficient (Wildman–Crippen LogP) is 2.08. The highest BCUT2D eigenvalue weighted by Gasteiger charge is 2.28. The lowest BCUT2D eigenvalue weighted by molar-refractivity contribution is -0.257. The summed E-state index contributed by atoms with van der Waals surface area (Å²) in [4.78, 5) is 0. The Bertz CT molecular complexity index is 539. The molecule has 1 aliphatic heterocycles. The first-order chi connectivity index (χ1) is 10.5. The largest absolute Gasteiger partial charge is 0.350 e. The van der Waals surface area contributed by atoms with Crippen molar-refractivity contribution in [2.75, 3.05) is 25.5 Å². The maximum atomic E-state index is 12.0. The second kappa shape index (κ2) is 8.06. The van der Waals surface area contributed by atoms with Crippen LogP contribution in [-0.2, 0) is 25.9 Å². The van der Waals surface area contributed by atoms with Crippen molar-refractivity contribution in [2.24, 2.45) is 0 Å². The second-order valence-electron chi connectivity index (χ2n) is 5.74. The second-order valence-corrected chi connectivity index (χ2v) is 7.66. The van der Waals surface area contributed by atoms with Crippen LogP contribution >= 0.6 is 0 Å². The van der Waals surface area contributed by atoms with E-state index in [-0.39, 0.29) is 5.75 Å². The molecule has 6 heteroatoms. The van der Waals surface area contributed by atoms with Crippen molar-refractivity contribution in [3.63, 3.8) is 0 Å². The molecule has 0 atom stereocenters. The molecule has 1 heterocycles. The Labute approximate surface area is 133 Å². The normalized spacial score (nSPS) is 18.2. The molecular formula is C16H25NO4S. The van der Waals surface area contributed by atoms with Gasteiger partial charge < -0.3 is 9.47 Å². The van der Waals surface area contributed by atoms with Gasteiger partial charge in [-0.05, 0) is 31.7 Å². The molecule has 0 amide bonds. The van der Waals surface area contributed by atoms with Gasteiger partial charge in [0.2, 0.25) is 10.0 Å². The van der Waals surface area contributed by atoms with Crippen LogP contribution in [0.1, 0.15) is 31.7 Å². The van der Waals surface area contributed by atoms with Gasteiger partial charge in [-0.3, -0.25) is 0 Å². The number of aryl methyl sites for hydroxylation is 1. The first kappa shape index (κ1) is 17.4. The summed E-state index contributed by atoms with van der Waals surface area (Å²) in [5.41, 5.74) is 1.16. The van der Waals surface area contributed by atoms with Gasteiger partial charge in [-0.1, -0.05) is 30.3 Å². The van der Waals surface area contributed by atoms with Gasteiger partial charge in [0.1, 0.15) is 0 Å². The Hall–Kier alpha value is -0.950. The number of benzene rings is 1. The number of ether oxygens (including phenoxy) is 2. The molecule has 0 unspecified atom stereocenters. The molecule has 0 bridgehead atoms. The fourth-order valence-electron chi connectivity index (χ4n) is 2.44. The zero-order valence-electron chi connectivity index (χ0n) is 13.1. The predicted molar refractivity (Wildman–Crippen MR) is 86.1 cm³/mol. The molecule has 0 radical (unpaired) electrons. The van der Waals surface area contributed by atoms with Crippen LogP contribution in [0.4, 0.5) is 0 Å². The van der Waals surface area contributed by atoms with Crippen LogP contribution in [0.25, 0.3) is 0 Å². The van der Waals surface area contributed by atoms with E-state index in [1.54, 1.807) is 0 Å². The molecule has 22 heavy (non-hydrogen) atoms. The molecule has 5 nitrogen and oxygen atoms in total. The summed E-state index contributed by atoms with van der Waals surface area (Å²) in [6.45, 7) is 3.53. The average molecular weight is 327 g/mol. The molecule has 1 aromatic carbocycles. The van der Waals surface area contributed by atoms with Crippen LogP contribution in [0.3, 0.4) is 0 Å². The van der Waals surface area contributed by atoms with E-state index in [2.05, 4.69) is 4.72 Å². The summed E-state index contributed by atoms with van der Waals surface area (Å²) in [5, 5.41) is 0. The number of sulfonamides is 1. The minimum Gasteiger partial charge on any atom is -0.350 e. The van der Waals surface area contributed by atoms with Crippen LogP contribution in [0.5, 0.6) is 0 Å². The minimum absolute atomic E-state index is 0.139. The van der Waals surface area contributed by atoms with E-state index in [1.807, 2.05) is 37.3 Å². The molecule has 124 valence electrons. The highest BCUT2D eigenvalue weighted by Crippen LogP contribution is 2.21. The smallest absolute Gasteiger partial charge is 0.211 e. The molecule has 0 aromatic heterocycles. The summed E-state index contributed by atoms with van der Waals surface area (Å²) >= 11 is 0. The van der Waals surface area contributed by atoms with E-state index < -0.39 is 15.8 Å². The van der Waals surface area contributed by atoms with Crippen molar-refractivity contribution in [1.29, 1.82) is 0 Å². The zero-order valence-corrected chi connectivity index (χ0v) is 13.9. The van der Waals surface area contributed by atoms with Gasteiger partial charge in [-0.2, -0.15) is 0 Å². The van der Waals surface area contributed by atoms with Crippen molar-refractivity contribution >= 4 is 10.0 Å². The van der Waals surface area contributed by atoms with Crippen LogP contribution in [-0.4, -0.2) is 39.7 Å². The van der Waals surface area contributed by atoms with Crippen molar-refractivity contribution in [1.82, 2.24) is 4.72 Å². The molecule has 0 aliphatic carbocycles. The summed E-state index contributed by atoms with van der Waals surface area (Å²) in [7, 11) is -3.24. The zero-order chi connectivity index (χ0) is 15.9. The standard InChI is InChI=1S/C16H25NO4S/c1-16(20-12-6-13-21-16)10-11-17-22(18,19)14-5-9-15-7-3-2-4-8-15/h2-4,7-8,17H,5-6,9-14H2,1H3. The fourth-order valence-corrected chi connectivity index (χ4v) is 3.52. The summed E-state index contributed by atoms with van der Waals surface area (Å²) in [5.74, 6) is -0.523. The Morgan fingerprint density at radius 2 is 1.86 bits per heavy atom. The molecule has 1 N–H and O–H groups in total. The van der Waals surface area contributed by atoms with E-state index in [1.165, 1.54) is 0 Å². The number of nitrogens with one attached hydrogen (secondary N) is 1. The van der Waals surface area contributed by atoms with Crippen molar-refractivity contribution in [3.8, 4) is 0 Å². The minimum atomic E-state index is -3.24. The molecular weight excluding hydrogens is 302 g/mol. The van der Waals surface area contributed by atoms with E-state index in [9.17, 15) is 8.42 Å². The van der Waals surface area contributed by atoms with E-state index in [0.29, 0.717) is 32.6 Å². The molecule has 1 saturated heterocycles. The monoisotopic (exact) mass is 327 g/mol. The Morgan fingerprint density at radius 1 is 1.18 bits per heavy atom. The maximum absolute atomic E-state index is 12.0. The lowest BCUT2D eigenvalue weighted by atomic mass is 10.1. The Kier molecular flexibility index (Phi) is 6.37. The van der Waals surface area contributed by atoms with Gasteiger partial charge in [0.15, 0.2) is 5.79 Å². The van der Waals surface area contributed by atoms with Gasteiger partial charge in [0.05, 0.1) is 19.0 Å². The Morgan fingerprint density at radius 3 is 2.55 bits per heavy atom. The van der Waals surface area contributed by atoms with Crippen LogP contribution in [0, 0.1) is 0 Å². The summed E-state index contributed by atoms with van der Waals surface area (Å²) in [6, 6.07) is 9.91. The average Bonchev–Trinajstić information content (AvgIpc) is 2.48. The first-order valence-corrected chi connectivity index (χ1v) is 9.44. The molecule has 0 saturated carbocycles. The van der Waals surface area contributed by atoms with Crippen molar-refractivity contribution in [2.45, 2.75) is 38.4 Å². The number of hydrogen-bond donors (Lipinski definition) is 1. The van der Waals surface area contributed by atoms with E-state index >= 15 is 0 Å². The topological polar surface area (TPSA) is 64.6 Å². The third kappa shape index (κ3) is 6.04. The highest BCUT2D eigenvalue weighted by molar-refractivity contribution is 7.89. The van der Waals surface area contributed by atoms with Crippen LogP contribution in [0.15, 0.2) is 30.3 Å². The number of hydrogen-bond acceptors (Lipinski definition) is 4. The SMILES string of the molecule is CC1(CCNS(=O)(=O)CCCc2ccccc2)OCCCO1. The molecule has 1 aliphatic rings. The third-order valence-corrected chi connectivity index (χ3v) is 5.20. The van der Waals surface area contributed by atoms with Gasteiger partial charge >= 0.3 is 0 Å². The molecule has 1 fully saturated rings. The maximum Gasteiger partial charge on any atom is 0.211 e. The van der Waals surface area contributed by atoms with Gasteiger partial charge in [-0.15, -0.1) is 0 Å². The van der Waals surface area contributed by atoms with Crippen molar-refractivity contribution < 1.29 is 17.9 Å². The molecule has 0 spiro atoms. The van der Waals surface area contributed by atoms with Gasteiger partial charge in [0.25, 0.3) is 0 Å². The lowest BCUT2D eigenvalue weighted by Gasteiger charge is -2.33. The van der Waals surface area contributed by atoms with E-state index in [4.69, 9.17) is 9.47 Å². The molecule has 1 aromatic rings. The Balaban J connectivity index is 1.67. The lowest BCUT2D eigenvalue weighted by Crippen LogP contribution is -2.41. The third-order valence-electron chi connectivity index (χ3n) is 3.73.